The molecule has 21 heavy (non-hydrogen) atoms. The maximum atomic E-state index is 11.8. The van der Waals surface area contributed by atoms with Crippen LogP contribution in [0.25, 0.3) is 0 Å². The van der Waals surface area contributed by atoms with Crippen LogP contribution in [0.15, 0.2) is 24.3 Å². The van der Waals surface area contributed by atoms with Crippen molar-refractivity contribution in [3.05, 3.63) is 24.3 Å². The number of carbonyl (C=O) groups is 1. The van der Waals surface area contributed by atoms with E-state index < -0.39 is 0 Å². The fourth-order valence-corrected chi connectivity index (χ4v) is 2.96. The van der Waals surface area contributed by atoms with Crippen LogP contribution in [0, 0.1) is 11.8 Å². The van der Waals surface area contributed by atoms with Crippen molar-refractivity contribution >= 4 is 11.6 Å². The Labute approximate surface area is 127 Å². The number of amides is 1. The van der Waals surface area contributed by atoms with Crippen LogP contribution in [-0.4, -0.2) is 19.1 Å². The van der Waals surface area contributed by atoms with E-state index >= 15 is 0 Å². The summed E-state index contributed by atoms with van der Waals surface area (Å²) in [6.07, 6.45) is 5.49. The minimum absolute atomic E-state index is 0.0668. The number of benzene rings is 1. The van der Waals surface area contributed by atoms with Gasteiger partial charge in [-0.1, -0.05) is 25.8 Å². The fourth-order valence-electron chi connectivity index (χ4n) is 2.96. The minimum atomic E-state index is 0.0668. The minimum Gasteiger partial charge on any atom is -0.493 e. The Kier molecular flexibility index (Phi) is 5.90. The number of hydrogen-bond acceptors (Lipinski definition) is 3. The molecule has 1 saturated carbocycles. The van der Waals surface area contributed by atoms with Crippen molar-refractivity contribution in [1.82, 2.24) is 5.32 Å². The lowest BCUT2D eigenvalue weighted by Crippen LogP contribution is -2.32. The lowest BCUT2D eigenvalue weighted by Gasteiger charge is -2.26. The quantitative estimate of drug-likeness (QED) is 0.792. The fraction of sp³-hybridized carbons (Fsp3) is 0.588. The molecule has 1 aliphatic carbocycles. The Bertz CT molecular complexity index is 462. The lowest BCUT2D eigenvalue weighted by atomic mass is 9.82. The van der Waals surface area contributed by atoms with Crippen molar-refractivity contribution in [1.29, 1.82) is 0 Å². The Morgan fingerprint density at radius 1 is 1.43 bits per heavy atom. The van der Waals surface area contributed by atoms with Crippen molar-refractivity contribution in [2.75, 3.05) is 18.9 Å². The van der Waals surface area contributed by atoms with Crippen LogP contribution in [0.4, 0.5) is 5.69 Å². The largest absolute Gasteiger partial charge is 0.493 e. The molecule has 0 spiro atoms. The summed E-state index contributed by atoms with van der Waals surface area (Å²) in [7, 11) is 0. The van der Waals surface area contributed by atoms with Gasteiger partial charge in [0.05, 0.1) is 13.0 Å². The molecule has 2 unspecified atom stereocenters. The summed E-state index contributed by atoms with van der Waals surface area (Å²) in [6.45, 7) is 3.49. The molecule has 3 N–H and O–H groups in total. The van der Waals surface area contributed by atoms with Gasteiger partial charge in [0, 0.05) is 18.3 Å². The highest BCUT2D eigenvalue weighted by atomic mass is 16.5. The predicted molar refractivity (Wildman–Crippen MR) is 85.1 cm³/mol. The zero-order chi connectivity index (χ0) is 15.1. The third kappa shape index (κ3) is 5.66. The second-order valence-corrected chi connectivity index (χ2v) is 6.11. The number of anilines is 1. The van der Waals surface area contributed by atoms with E-state index in [0.717, 1.165) is 12.5 Å². The van der Waals surface area contributed by atoms with Gasteiger partial charge in [0.15, 0.2) is 0 Å². The van der Waals surface area contributed by atoms with Crippen LogP contribution < -0.4 is 15.8 Å². The van der Waals surface area contributed by atoms with Crippen molar-refractivity contribution in [3.63, 3.8) is 0 Å². The summed E-state index contributed by atoms with van der Waals surface area (Å²) in [6, 6.07) is 7.26. The molecule has 0 aliphatic heterocycles. The molecule has 4 nitrogen and oxygen atoms in total. The molecule has 116 valence electrons. The first-order chi connectivity index (χ1) is 10.1. The molecule has 2 atom stereocenters. The normalized spacial score (nSPS) is 21.8. The average Bonchev–Trinajstić information content (AvgIpc) is 2.45. The smallest absolute Gasteiger partial charge is 0.223 e. The molecule has 1 aliphatic rings. The number of nitrogens with one attached hydrogen (secondary N) is 1. The van der Waals surface area contributed by atoms with E-state index in [1.54, 1.807) is 6.07 Å². The first kappa shape index (κ1) is 15.7. The van der Waals surface area contributed by atoms with Crippen molar-refractivity contribution in [2.45, 2.75) is 39.0 Å². The monoisotopic (exact) mass is 290 g/mol. The second kappa shape index (κ2) is 7.91. The summed E-state index contributed by atoms with van der Waals surface area (Å²) >= 11 is 0. The first-order valence-corrected chi connectivity index (χ1v) is 7.88. The highest BCUT2D eigenvalue weighted by molar-refractivity contribution is 5.75. The standard InChI is InChI=1S/C17H26N2O2/c1-13-4-2-5-14(10-13)12-19-17(20)8-9-21-16-7-3-6-15(18)11-16/h3,6-7,11,13-14H,2,4-5,8-10,12,18H2,1H3,(H,19,20). The molecule has 0 bridgehead atoms. The second-order valence-electron chi connectivity index (χ2n) is 6.11. The maximum Gasteiger partial charge on any atom is 0.223 e. The molecule has 0 heterocycles. The lowest BCUT2D eigenvalue weighted by molar-refractivity contribution is -0.121. The Morgan fingerprint density at radius 3 is 3.05 bits per heavy atom. The topological polar surface area (TPSA) is 64.3 Å². The molecular formula is C17H26N2O2. The summed E-state index contributed by atoms with van der Waals surface area (Å²) in [4.78, 5) is 11.8. The van der Waals surface area contributed by atoms with Gasteiger partial charge >= 0.3 is 0 Å². The van der Waals surface area contributed by atoms with Crippen molar-refractivity contribution in [3.8, 4) is 5.75 Å². The van der Waals surface area contributed by atoms with Gasteiger partial charge < -0.3 is 15.8 Å². The third-order valence-corrected chi connectivity index (χ3v) is 4.09. The van der Waals surface area contributed by atoms with Crippen LogP contribution in [0.3, 0.4) is 0 Å². The third-order valence-electron chi connectivity index (χ3n) is 4.09. The SMILES string of the molecule is CC1CCCC(CNC(=O)CCOc2cccc(N)c2)C1. The zero-order valence-corrected chi connectivity index (χ0v) is 12.8. The van der Waals surface area contributed by atoms with Crippen LogP contribution in [0.1, 0.15) is 39.0 Å². The van der Waals surface area contributed by atoms with E-state index in [1.165, 1.54) is 25.7 Å². The number of nitrogens with two attached hydrogens (primary N) is 1. The highest BCUT2D eigenvalue weighted by Gasteiger charge is 2.19. The van der Waals surface area contributed by atoms with Gasteiger partial charge in [-0.15, -0.1) is 0 Å². The van der Waals surface area contributed by atoms with Gasteiger partial charge in [-0.05, 0) is 36.8 Å². The van der Waals surface area contributed by atoms with Crippen molar-refractivity contribution < 1.29 is 9.53 Å². The molecule has 1 aromatic carbocycles. The summed E-state index contributed by atoms with van der Waals surface area (Å²) in [5, 5.41) is 3.03. The summed E-state index contributed by atoms with van der Waals surface area (Å²) in [5.41, 5.74) is 6.34. The van der Waals surface area contributed by atoms with E-state index in [-0.39, 0.29) is 5.91 Å². The zero-order valence-electron chi connectivity index (χ0n) is 12.8. The first-order valence-electron chi connectivity index (χ1n) is 7.88. The predicted octanol–water partition coefficient (Wildman–Crippen LogP) is 2.98. The number of rotatable bonds is 6. The van der Waals surface area contributed by atoms with Crippen LogP contribution >= 0.6 is 0 Å². The molecule has 1 aromatic rings. The van der Waals surface area contributed by atoms with Gasteiger partial charge in [0.2, 0.25) is 5.91 Å². The summed E-state index contributed by atoms with van der Waals surface area (Å²) < 4.78 is 5.53. The van der Waals surface area contributed by atoms with E-state index in [9.17, 15) is 4.79 Å². The molecule has 1 amide bonds. The van der Waals surface area contributed by atoms with E-state index in [4.69, 9.17) is 10.5 Å². The van der Waals surface area contributed by atoms with E-state index in [2.05, 4.69) is 12.2 Å². The van der Waals surface area contributed by atoms with Gasteiger partial charge in [-0.2, -0.15) is 0 Å². The molecule has 0 radical (unpaired) electrons. The number of nitrogen functional groups attached to an aromatic ring is 1. The average molecular weight is 290 g/mol. The van der Waals surface area contributed by atoms with Gasteiger partial charge in [-0.25, -0.2) is 0 Å². The van der Waals surface area contributed by atoms with Crippen LogP contribution in [-0.2, 0) is 4.79 Å². The van der Waals surface area contributed by atoms with Crippen LogP contribution in [0.5, 0.6) is 5.75 Å². The number of carbonyl (C=O) groups excluding carboxylic acids is 1. The van der Waals surface area contributed by atoms with Gasteiger partial charge in [0.1, 0.15) is 5.75 Å². The maximum absolute atomic E-state index is 11.8. The molecular weight excluding hydrogens is 264 g/mol. The molecule has 0 aromatic heterocycles. The Balaban J connectivity index is 1.61. The van der Waals surface area contributed by atoms with Gasteiger partial charge in [0.25, 0.3) is 0 Å². The molecule has 0 saturated heterocycles. The van der Waals surface area contributed by atoms with Crippen molar-refractivity contribution in [2.24, 2.45) is 11.8 Å². The van der Waals surface area contributed by atoms with E-state index in [1.807, 2.05) is 18.2 Å². The molecule has 1 fully saturated rings. The number of hydrogen-bond donors (Lipinski definition) is 2. The Hall–Kier alpha value is -1.71. The summed E-state index contributed by atoms with van der Waals surface area (Å²) in [5.74, 6) is 2.22. The molecule has 4 heteroatoms. The number of ether oxygens (including phenoxy) is 1. The highest BCUT2D eigenvalue weighted by Crippen LogP contribution is 2.27. The van der Waals surface area contributed by atoms with Gasteiger partial charge in [-0.3, -0.25) is 4.79 Å². The Morgan fingerprint density at radius 2 is 2.29 bits per heavy atom. The van der Waals surface area contributed by atoms with E-state index in [0.29, 0.717) is 30.4 Å². The molecule has 2 rings (SSSR count). The van der Waals surface area contributed by atoms with Crippen LogP contribution in [0.2, 0.25) is 0 Å².